The van der Waals surface area contributed by atoms with Crippen LogP contribution < -0.4 is 19.7 Å². The maximum atomic E-state index is 13.3. The van der Waals surface area contributed by atoms with Gasteiger partial charge in [-0.05, 0) is 48.9 Å². The summed E-state index contributed by atoms with van der Waals surface area (Å²) in [6, 6.07) is 21.2. The number of para-hydroxylation sites is 1. The van der Waals surface area contributed by atoms with Gasteiger partial charge < -0.3 is 14.8 Å². The summed E-state index contributed by atoms with van der Waals surface area (Å²) < 4.78 is 10.9. The van der Waals surface area contributed by atoms with Gasteiger partial charge in [0.15, 0.2) is 0 Å². The third kappa shape index (κ3) is 3.97. The quantitative estimate of drug-likeness (QED) is 0.629. The first kappa shape index (κ1) is 20.5. The van der Waals surface area contributed by atoms with Crippen LogP contribution in [-0.4, -0.2) is 25.5 Å². The molecule has 0 unspecified atom stereocenters. The molecule has 2 amide bonds. The smallest absolute Gasteiger partial charge is 0.259 e. The van der Waals surface area contributed by atoms with Gasteiger partial charge in [-0.1, -0.05) is 36.4 Å². The summed E-state index contributed by atoms with van der Waals surface area (Å²) in [5, 5.41) is 2.97. The average Bonchev–Trinajstić information content (AvgIpc) is 3.11. The van der Waals surface area contributed by atoms with Crippen LogP contribution in [0.25, 0.3) is 0 Å². The maximum Gasteiger partial charge on any atom is 0.259 e. The summed E-state index contributed by atoms with van der Waals surface area (Å²) in [4.78, 5) is 28.0. The molecule has 1 aliphatic heterocycles. The van der Waals surface area contributed by atoms with Crippen LogP contribution >= 0.6 is 0 Å². The van der Waals surface area contributed by atoms with Gasteiger partial charge in [0.1, 0.15) is 17.5 Å². The monoisotopic (exact) mass is 416 g/mol. The number of hydrogen-bond acceptors (Lipinski definition) is 4. The second kappa shape index (κ2) is 8.92. The SMILES string of the molecule is CCOc1ccc(N2C(=O)c3ccccc3[C@@H]2C(=O)NCc2ccccc2OC)cc1. The van der Waals surface area contributed by atoms with Gasteiger partial charge in [-0.15, -0.1) is 0 Å². The Bertz CT molecular complexity index is 1090. The van der Waals surface area contributed by atoms with E-state index in [1.807, 2.05) is 49.4 Å². The molecule has 31 heavy (non-hydrogen) atoms. The molecule has 1 atom stereocenters. The van der Waals surface area contributed by atoms with Gasteiger partial charge in [-0.3, -0.25) is 14.5 Å². The van der Waals surface area contributed by atoms with Crippen molar-refractivity contribution in [1.82, 2.24) is 5.32 Å². The van der Waals surface area contributed by atoms with Crippen molar-refractivity contribution in [2.45, 2.75) is 19.5 Å². The number of carbonyl (C=O) groups is 2. The lowest BCUT2D eigenvalue weighted by atomic mass is 10.0. The lowest BCUT2D eigenvalue weighted by molar-refractivity contribution is -0.122. The Hall–Kier alpha value is -3.80. The van der Waals surface area contributed by atoms with E-state index in [1.54, 1.807) is 37.4 Å². The van der Waals surface area contributed by atoms with Crippen LogP contribution in [0.1, 0.15) is 34.5 Å². The van der Waals surface area contributed by atoms with Crippen molar-refractivity contribution in [1.29, 1.82) is 0 Å². The Labute approximate surface area is 181 Å². The van der Waals surface area contributed by atoms with Crippen molar-refractivity contribution >= 4 is 17.5 Å². The highest BCUT2D eigenvalue weighted by atomic mass is 16.5. The van der Waals surface area contributed by atoms with Crippen molar-refractivity contribution in [3.8, 4) is 11.5 Å². The standard InChI is InChI=1S/C25H24N2O4/c1-3-31-19-14-12-18(13-15-19)27-23(20-9-5-6-10-21(20)25(27)29)24(28)26-16-17-8-4-7-11-22(17)30-2/h4-15,23H,3,16H2,1-2H3,(H,26,28)/t23-/m1/s1. The number of nitrogens with zero attached hydrogens (tertiary/aromatic N) is 1. The number of methoxy groups -OCH3 is 1. The van der Waals surface area contributed by atoms with E-state index in [-0.39, 0.29) is 11.8 Å². The first-order valence-electron chi connectivity index (χ1n) is 10.2. The van der Waals surface area contributed by atoms with Crippen LogP contribution in [0.15, 0.2) is 72.8 Å². The van der Waals surface area contributed by atoms with Gasteiger partial charge in [0.05, 0.1) is 13.7 Å². The molecular weight excluding hydrogens is 392 g/mol. The van der Waals surface area contributed by atoms with E-state index in [9.17, 15) is 9.59 Å². The lowest BCUT2D eigenvalue weighted by Crippen LogP contribution is -2.39. The number of carbonyl (C=O) groups excluding carboxylic acids is 2. The molecule has 6 nitrogen and oxygen atoms in total. The number of ether oxygens (including phenoxy) is 2. The van der Waals surface area contributed by atoms with Gasteiger partial charge >= 0.3 is 0 Å². The molecule has 0 spiro atoms. The predicted molar refractivity (Wildman–Crippen MR) is 118 cm³/mol. The third-order valence-corrected chi connectivity index (χ3v) is 5.28. The van der Waals surface area contributed by atoms with Gasteiger partial charge in [-0.2, -0.15) is 0 Å². The molecule has 6 heteroatoms. The van der Waals surface area contributed by atoms with E-state index in [4.69, 9.17) is 9.47 Å². The topological polar surface area (TPSA) is 67.9 Å². The molecule has 158 valence electrons. The number of fused-ring (bicyclic) bond motifs is 1. The fourth-order valence-electron chi connectivity index (χ4n) is 3.84. The van der Waals surface area contributed by atoms with Gasteiger partial charge in [-0.25, -0.2) is 0 Å². The predicted octanol–water partition coefficient (Wildman–Crippen LogP) is 4.11. The van der Waals surface area contributed by atoms with Crippen LogP contribution in [0.4, 0.5) is 5.69 Å². The van der Waals surface area contributed by atoms with Crippen molar-refractivity contribution in [2.24, 2.45) is 0 Å². The molecule has 0 aromatic heterocycles. The third-order valence-electron chi connectivity index (χ3n) is 5.28. The maximum absolute atomic E-state index is 13.3. The van der Waals surface area contributed by atoms with Crippen LogP contribution in [-0.2, 0) is 11.3 Å². The zero-order valence-electron chi connectivity index (χ0n) is 17.5. The second-order valence-electron chi connectivity index (χ2n) is 7.12. The molecule has 3 aromatic rings. The van der Waals surface area contributed by atoms with Crippen molar-refractivity contribution in [2.75, 3.05) is 18.6 Å². The summed E-state index contributed by atoms with van der Waals surface area (Å²) >= 11 is 0. The van der Waals surface area contributed by atoms with E-state index in [1.165, 1.54) is 4.90 Å². The molecule has 0 aliphatic carbocycles. The number of benzene rings is 3. The zero-order chi connectivity index (χ0) is 21.8. The van der Waals surface area contributed by atoms with Gasteiger partial charge in [0.2, 0.25) is 5.91 Å². The number of anilines is 1. The van der Waals surface area contributed by atoms with Crippen LogP contribution in [0.5, 0.6) is 11.5 Å². The highest BCUT2D eigenvalue weighted by Gasteiger charge is 2.41. The van der Waals surface area contributed by atoms with Crippen molar-refractivity contribution in [3.05, 3.63) is 89.5 Å². The Balaban J connectivity index is 1.63. The number of rotatable bonds is 7. The van der Waals surface area contributed by atoms with Gasteiger partial charge in [0.25, 0.3) is 5.91 Å². The van der Waals surface area contributed by atoms with Crippen LogP contribution in [0.2, 0.25) is 0 Å². The summed E-state index contributed by atoms with van der Waals surface area (Å²) in [6.45, 7) is 2.77. The fourth-order valence-corrected chi connectivity index (χ4v) is 3.84. The van der Waals surface area contributed by atoms with Crippen molar-refractivity contribution in [3.63, 3.8) is 0 Å². The Morgan fingerprint density at radius 2 is 1.71 bits per heavy atom. The second-order valence-corrected chi connectivity index (χ2v) is 7.12. The molecule has 4 rings (SSSR count). The average molecular weight is 416 g/mol. The Morgan fingerprint density at radius 3 is 2.45 bits per heavy atom. The van der Waals surface area contributed by atoms with E-state index < -0.39 is 6.04 Å². The molecule has 0 bridgehead atoms. The van der Waals surface area contributed by atoms with E-state index >= 15 is 0 Å². The summed E-state index contributed by atoms with van der Waals surface area (Å²) in [5.41, 5.74) is 2.73. The molecule has 1 N–H and O–H groups in total. The van der Waals surface area contributed by atoms with Crippen molar-refractivity contribution < 1.29 is 19.1 Å². The number of amides is 2. The highest BCUT2D eigenvalue weighted by molar-refractivity contribution is 6.15. The van der Waals surface area contributed by atoms with E-state index in [0.29, 0.717) is 41.5 Å². The Morgan fingerprint density at radius 1 is 1.00 bits per heavy atom. The minimum absolute atomic E-state index is 0.197. The van der Waals surface area contributed by atoms with Gasteiger partial charge in [0, 0.05) is 23.4 Å². The molecule has 0 fully saturated rings. The summed E-state index contributed by atoms with van der Waals surface area (Å²) in [5.74, 6) is 0.969. The molecule has 0 saturated heterocycles. The first-order chi connectivity index (χ1) is 15.1. The molecule has 3 aromatic carbocycles. The number of hydrogen-bond donors (Lipinski definition) is 1. The summed E-state index contributed by atoms with van der Waals surface area (Å²) in [7, 11) is 1.60. The molecule has 1 heterocycles. The summed E-state index contributed by atoms with van der Waals surface area (Å²) in [6.07, 6.45) is 0. The normalized spacial score (nSPS) is 14.8. The first-order valence-corrected chi connectivity index (χ1v) is 10.2. The largest absolute Gasteiger partial charge is 0.496 e. The van der Waals surface area contributed by atoms with E-state index in [0.717, 1.165) is 5.56 Å². The molecular formula is C25H24N2O4. The van der Waals surface area contributed by atoms with Crippen LogP contribution in [0, 0.1) is 0 Å². The molecule has 0 saturated carbocycles. The molecule has 1 aliphatic rings. The highest BCUT2D eigenvalue weighted by Crippen LogP contribution is 2.38. The van der Waals surface area contributed by atoms with Crippen LogP contribution in [0.3, 0.4) is 0 Å². The minimum Gasteiger partial charge on any atom is -0.496 e. The Kier molecular flexibility index (Phi) is 5.89. The lowest BCUT2D eigenvalue weighted by Gasteiger charge is -2.25. The van der Waals surface area contributed by atoms with E-state index in [2.05, 4.69) is 5.32 Å². The number of nitrogens with one attached hydrogen (secondary N) is 1. The minimum atomic E-state index is -0.753. The zero-order valence-corrected chi connectivity index (χ0v) is 17.5. The fraction of sp³-hybridized carbons (Fsp3) is 0.200. The molecule has 0 radical (unpaired) electrons.